The molecule has 1 heterocycles. The Morgan fingerprint density at radius 1 is 1.47 bits per heavy atom. The van der Waals surface area contributed by atoms with Gasteiger partial charge in [0.15, 0.2) is 0 Å². The van der Waals surface area contributed by atoms with Gasteiger partial charge in [0, 0.05) is 19.0 Å². The van der Waals surface area contributed by atoms with E-state index in [0.29, 0.717) is 6.54 Å². The maximum absolute atomic E-state index is 11.6. The third-order valence-electron chi connectivity index (χ3n) is 2.44. The molecule has 1 atom stereocenters. The van der Waals surface area contributed by atoms with Crippen LogP contribution >= 0.6 is 0 Å². The van der Waals surface area contributed by atoms with Gasteiger partial charge in [-0.15, -0.1) is 5.06 Å². The van der Waals surface area contributed by atoms with E-state index in [1.807, 2.05) is 20.8 Å². The zero-order chi connectivity index (χ0) is 11.5. The summed E-state index contributed by atoms with van der Waals surface area (Å²) in [5.41, 5.74) is -0.492. The molecule has 1 aliphatic rings. The van der Waals surface area contributed by atoms with Crippen LogP contribution < -0.4 is 0 Å². The van der Waals surface area contributed by atoms with E-state index in [1.165, 1.54) is 0 Å². The second-order valence-electron chi connectivity index (χ2n) is 5.06. The Morgan fingerprint density at radius 2 is 2.13 bits per heavy atom. The van der Waals surface area contributed by atoms with Gasteiger partial charge in [-0.3, -0.25) is 0 Å². The van der Waals surface area contributed by atoms with Crippen molar-refractivity contribution in [3.05, 3.63) is 0 Å². The van der Waals surface area contributed by atoms with E-state index in [9.17, 15) is 9.59 Å². The van der Waals surface area contributed by atoms with Crippen molar-refractivity contribution in [2.75, 3.05) is 13.1 Å². The second kappa shape index (κ2) is 4.75. The van der Waals surface area contributed by atoms with Crippen LogP contribution in [-0.4, -0.2) is 30.4 Å². The Labute approximate surface area is 90.5 Å². The van der Waals surface area contributed by atoms with Crippen molar-refractivity contribution in [1.82, 2.24) is 5.06 Å². The summed E-state index contributed by atoms with van der Waals surface area (Å²) in [6.45, 7) is 6.71. The second-order valence-corrected chi connectivity index (χ2v) is 5.06. The average Bonchev–Trinajstić information content (AvgIpc) is 2.16. The lowest BCUT2D eigenvalue weighted by molar-refractivity contribution is -0.207. The van der Waals surface area contributed by atoms with E-state index in [0.717, 1.165) is 25.7 Å². The van der Waals surface area contributed by atoms with E-state index in [2.05, 4.69) is 0 Å². The summed E-state index contributed by atoms with van der Waals surface area (Å²) in [7, 11) is 0. The molecule has 0 bridgehead atoms. The molecule has 1 fully saturated rings. The fourth-order valence-electron chi connectivity index (χ4n) is 1.42. The van der Waals surface area contributed by atoms with Gasteiger partial charge in [0.2, 0.25) is 0 Å². The Balaban J connectivity index is 2.45. The topological polar surface area (TPSA) is 46.6 Å². The molecular weight excluding hydrogens is 194 g/mol. The predicted octanol–water partition coefficient (Wildman–Crippen LogP) is 1.40. The van der Waals surface area contributed by atoms with Crippen LogP contribution in [0.1, 0.15) is 33.6 Å². The standard InChI is InChI=1S/C11H19NO3/c1-11(2,3)10(14)15-12-6-4-5-9(7-12)8-13/h8-9H,4-7H2,1-3H3. The average molecular weight is 213 g/mol. The van der Waals surface area contributed by atoms with Crippen LogP contribution in [-0.2, 0) is 14.4 Å². The van der Waals surface area contributed by atoms with Gasteiger partial charge in [-0.25, -0.2) is 4.79 Å². The summed E-state index contributed by atoms with van der Waals surface area (Å²) in [6.07, 6.45) is 2.74. The van der Waals surface area contributed by atoms with Crippen molar-refractivity contribution < 1.29 is 14.4 Å². The molecule has 86 valence electrons. The molecule has 0 spiro atoms. The molecule has 0 aliphatic carbocycles. The van der Waals surface area contributed by atoms with Crippen molar-refractivity contribution in [3.63, 3.8) is 0 Å². The fraction of sp³-hybridized carbons (Fsp3) is 0.818. The van der Waals surface area contributed by atoms with E-state index < -0.39 is 5.41 Å². The molecule has 0 aromatic carbocycles. The van der Waals surface area contributed by atoms with Crippen molar-refractivity contribution >= 4 is 12.3 Å². The monoisotopic (exact) mass is 213 g/mol. The van der Waals surface area contributed by atoms with Crippen LogP contribution in [0.5, 0.6) is 0 Å². The van der Waals surface area contributed by atoms with E-state index in [4.69, 9.17) is 4.84 Å². The minimum absolute atomic E-state index is 0.00604. The van der Waals surface area contributed by atoms with Gasteiger partial charge in [0.1, 0.15) is 6.29 Å². The minimum Gasteiger partial charge on any atom is -0.367 e. The molecule has 0 saturated carbocycles. The highest BCUT2D eigenvalue weighted by Gasteiger charge is 2.28. The first-order valence-electron chi connectivity index (χ1n) is 5.36. The lowest BCUT2D eigenvalue weighted by atomic mass is 9.97. The van der Waals surface area contributed by atoms with Crippen molar-refractivity contribution in [3.8, 4) is 0 Å². The molecule has 1 saturated heterocycles. The molecule has 4 heteroatoms. The minimum atomic E-state index is -0.492. The number of carbonyl (C=O) groups excluding carboxylic acids is 2. The summed E-state index contributed by atoms with van der Waals surface area (Å²) in [6, 6.07) is 0. The lowest BCUT2D eigenvalue weighted by Gasteiger charge is -2.30. The summed E-state index contributed by atoms with van der Waals surface area (Å²) in [5, 5.41) is 1.61. The van der Waals surface area contributed by atoms with Crippen LogP contribution in [0, 0.1) is 11.3 Å². The molecule has 0 radical (unpaired) electrons. The predicted molar refractivity (Wildman–Crippen MR) is 55.9 cm³/mol. The molecular formula is C11H19NO3. The van der Waals surface area contributed by atoms with Gasteiger partial charge >= 0.3 is 5.97 Å². The first kappa shape index (κ1) is 12.2. The van der Waals surface area contributed by atoms with Gasteiger partial charge < -0.3 is 9.63 Å². The highest BCUT2D eigenvalue weighted by atomic mass is 16.7. The SMILES string of the molecule is CC(C)(C)C(=O)ON1CCCC(C=O)C1. The largest absolute Gasteiger partial charge is 0.367 e. The summed E-state index contributed by atoms with van der Waals surface area (Å²) >= 11 is 0. The lowest BCUT2D eigenvalue weighted by Crippen LogP contribution is -2.40. The molecule has 0 aromatic rings. The van der Waals surface area contributed by atoms with E-state index >= 15 is 0 Å². The molecule has 1 rings (SSSR count). The maximum atomic E-state index is 11.6. The normalized spacial score (nSPS) is 23.5. The summed E-state index contributed by atoms with van der Waals surface area (Å²) < 4.78 is 0. The molecule has 0 aromatic heterocycles. The number of rotatable bonds is 2. The smallest absolute Gasteiger partial charge is 0.330 e. The van der Waals surface area contributed by atoms with Gasteiger partial charge in [-0.05, 0) is 33.6 Å². The number of aldehydes is 1. The van der Waals surface area contributed by atoms with E-state index in [1.54, 1.807) is 5.06 Å². The molecule has 15 heavy (non-hydrogen) atoms. The van der Waals surface area contributed by atoms with Crippen LogP contribution in [0.4, 0.5) is 0 Å². The van der Waals surface area contributed by atoms with E-state index in [-0.39, 0.29) is 11.9 Å². The number of hydrogen-bond acceptors (Lipinski definition) is 4. The number of piperidine rings is 1. The highest BCUT2D eigenvalue weighted by molar-refractivity contribution is 5.75. The number of hydroxylamine groups is 2. The van der Waals surface area contributed by atoms with Gasteiger partial charge in [0.05, 0.1) is 5.41 Å². The molecule has 0 amide bonds. The Kier molecular flexibility index (Phi) is 3.85. The first-order chi connectivity index (χ1) is 6.93. The Morgan fingerprint density at radius 3 is 2.67 bits per heavy atom. The Bertz CT molecular complexity index is 245. The van der Waals surface area contributed by atoms with Crippen molar-refractivity contribution in [2.24, 2.45) is 11.3 Å². The van der Waals surface area contributed by atoms with Gasteiger partial charge in [-0.2, -0.15) is 0 Å². The zero-order valence-corrected chi connectivity index (χ0v) is 9.66. The third kappa shape index (κ3) is 3.63. The molecule has 0 N–H and O–H groups in total. The number of hydrogen-bond donors (Lipinski definition) is 0. The van der Waals surface area contributed by atoms with Crippen molar-refractivity contribution in [2.45, 2.75) is 33.6 Å². The first-order valence-corrected chi connectivity index (χ1v) is 5.36. The molecule has 1 unspecified atom stereocenters. The number of carbonyl (C=O) groups is 2. The van der Waals surface area contributed by atoms with Gasteiger partial charge in [-0.1, -0.05) is 0 Å². The van der Waals surface area contributed by atoms with Crippen LogP contribution in [0.15, 0.2) is 0 Å². The summed E-state index contributed by atoms with van der Waals surface area (Å²) in [4.78, 5) is 27.4. The molecule has 1 aliphatic heterocycles. The zero-order valence-electron chi connectivity index (χ0n) is 9.66. The maximum Gasteiger partial charge on any atom is 0.330 e. The van der Waals surface area contributed by atoms with Crippen molar-refractivity contribution in [1.29, 1.82) is 0 Å². The van der Waals surface area contributed by atoms with Crippen LogP contribution in [0.2, 0.25) is 0 Å². The Hall–Kier alpha value is -0.900. The molecule has 4 nitrogen and oxygen atoms in total. The number of nitrogens with zero attached hydrogens (tertiary/aromatic N) is 1. The van der Waals surface area contributed by atoms with Gasteiger partial charge in [0.25, 0.3) is 0 Å². The van der Waals surface area contributed by atoms with Crippen LogP contribution in [0.25, 0.3) is 0 Å². The summed E-state index contributed by atoms with van der Waals surface area (Å²) in [5.74, 6) is -0.236. The highest BCUT2D eigenvalue weighted by Crippen LogP contribution is 2.19. The fourth-order valence-corrected chi connectivity index (χ4v) is 1.42. The van der Waals surface area contributed by atoms with Crippen LogP contribution in [0.3, 0.4) is 0 Å². The quantitative estimate of drug-likeness (QED) is 0.650. The third-order valence-corrected chi connectivity index (χ3v) is 2.44.